The van der Waals surface area contributed by atoms with Crippen LogP contribution < -0.4 is 11.1 Å². The molecule has 0 bridgehead atoms. The third kappa shape index (κ3) is 3.52. The first-order valence-electron chi connectivity index (χ1n) is 7.32. The maximum atomic E-state index is 12.2. The molecule has 1 aliphatic rings. The van der Waals surface area contributed by atoms with Gasteiger partial charge >= 0.3 is 0 Å². The number of hydrogen-bond acceptors (Lipinski definition) is 2. The molecule has 0 atom stereocenters. The van der Waals surface area contributed by atoms with Crippen molar-refractivity contribution in [3.8, 4) is 0 Å². The number of carbonyl (C=O) groups excluding carboxylic acids is 1. The van der Waals surface area contributed by atoms with Gasteiger partial charge in [0, 0.05) is 19.3 Å². The van der Waals surface area contributed by atoms with E-state index < -0.39 is 0 Å². The van der Waals surface area contributed by atoms with E-state index in [0.29, 0.717) is 17.4 Å². The van der Waals surface area contributed by atoms with Gasteiger partial charge in [-0.3, -0.25) is 4.79 Å². The molecule has 0 saturated heterocycles. The van der Waals surface area contributed by atoms with Crippen molar-refractivity contribution in [1.29, 1.82) is 0 Å². The summed E-state index contributed by atoms with van der Waals surface area (Å²) in [5.74, 6) is 0.863. The highest BCUT2D eigenvalue weighted by molar-refractivity contribution is 5.93. The number of nitrogen functional groups attached to an aromatic ring is 1. The smallest absolute Gasteiger partial charge is 0.268 e. The summed E-state index contributed by atoms with van der Waals surface area (Å²) < 4.78 is 1.79. The lowest BCUT2D eigenvalue weighted by atomic mass is 9.83. The van der Waals surface area contributed by atoms with E-state index in [9.17, 15) is 4.79 Å². The van der Waals surface area contributed by atoms with E-state index >= 15 is 0 Å². The first-order valence-corrected chi connectivity index (χ1v) is 7.32. The topological polar surface area (TPSA) is 60.1 Å². The number of nitrogens with zero attached hydrogens (tertiary/aromatic N) is 1. The summed E-state index contributed by atoms with van der Waals surface area (Å²) in [6.45, 7) is 2.24. The van der Waals surface area contributed by atoms with Crippen molar-refractivity contribution < 1.29 is 4.79 Å². The molecule has 1 amide bonds. The first-order chi connectivity index (χ1) is 9.10. The van der Waals surface area contributed by atoms with Crippen LogP contribution in [0.1, 0.15) is 55.9 Å². The van der Waals surface area contributed by atoms with Crippen LogP contribution in [0.5, 0.6) is 0 Å². The number of amides is 1. The summed E-state index contributed by atoms with van der Waals surface area (Å²) in [4.78, 5) is 12.2. The van der Waals surface area contributed by atoms with Gasteiger partial charge in [-0.2, -0.15) is 0 Å². The SMILES string of the molecule is CCCC1CCC(NC(=O)c2cc(N)cn2C)CC1. The van der Waals surface area contributed by atoms with Gasteiger partial charge in [-0.05, 0) is 37.7 Å². The van der Waals surface area contributed by atoms with E-state index in [1.165, 1.54) is 25.7 Å². The van der Waals surface area contributed by atoms with Crippen molar-refractivity contribution in [1.82, 2.24) is 9.88 Å². The molecule has 1 aromatic heterocycles. The highest BCUT2D eigenvalue weighted by Crippen LogP contribution is 2.27. The van der Waals surface area contributed by atoms with Gasteiger partial charge in [0.2, 0.25) is 0 Å². The van der Waals surface area contributed by atoms with Crippen LogP contribution in [0.2, 0.25) is 0 Å². The number of aryl methyl sites for hydroxylation is 1. The van der Waals surface area contributed by atoms with Gasteiger partial charge < -0.3 is 15.6 Å². The molecule has 106 valence electrons. The Morgan fingerprint density at radius 1 is 1.42 bits per heavy atom. The summed E-state index contributed by atoms with van der Waals surface area (Å²) in [5.41, 5.74) is 6.99. The molecule has 0 spiro atoms. The Morgan fingerprint density at radius 2 is 2.11 bits per heavy atom. The average Bonchev–Trinajstić information content (AvgIpc) is 2.71. The predicted octanol–water partition coefficient (Wildman–Crippen LogP) is 2.70. The van der Waals surface area contributed by atoms with E-state index in [1.807, 2.05) is 7.05 Å². The average molecular weight is 263 g/mol. The van der Waals surface area contributed by atoms with Crippen molar-refractivity contribution in [3.05, 3.63) is 18.0 Å². The molecular formula is C15H25N3O. The van der Waals surface area contributed by atoms with E-state index in [0.717, 1.165) is 18.8 Å². The van der Waals surface area contributed by atoms with Crippen molar-refractivity contribution in [2.75, 3.05) is 5.73 Å². The van der Waals surface area contributed by atoms with Crippen LogP contribution >= 0.6 is 0 Å². The highest BCUT2D eigenvalue weighted by Gasteiger charge is 2.23. The number of nitrogens with two attached hydrogens (primary N) is 1. The molecule has 0 aliphatic heterocycles. The third-order valence-corrected chi connectivity index (χ3v) is 4.14. The Kier molecular flexibility index (Phi) is 4.51. The Hall–Kier alpha value is -1.45. The first kappa shape index (κ1) is 14.0. The van der Waals surface area contributed by atoms with Gasteiger partial charge in [0.15, 0.2) is 0 Å². The maximum Gasteiger partial charge on any atom is 0.268 e. The number of rotatable bonds is 4. The molecule has 2 rings (SSSR count). The van der Waals surface area contributed by atoms with Gasteiger partial charge in [-0.15, -0.1) is 0 Å². The number of carbonyl (C=O) groups is 1. The molecule has 0 unspecified atom stereocenters. The predicted molar refractivity (Wildman–Crippen MR) is 77.9 cm³/mol. The van der Waals surface area contributed by atoms with Gasteiger partial charge in [0.05, 0.1) is 5.69 Å². The Bertz CT molecular complexity index is 431. The van der Waals surface area contributed by atoms with Gasteiger partial charge in [-0.1, -0.05) is 19.8 Å². The summed E-state index contributed by atoms with van der Waals surface area (Å²) in [5, 5.41) is 3.14. The minimum absolute atomic E-state index is 0.00172. The monoisotopic (exact) mass is 263 g/mol. The summed E-state index contributed by atoms with van der Waals surface area (Å²) in [6, 6.07) is 2.06. The van der Waals surface area contributed by atoms with Crippen LogP contribution in [-0.4, -0.2) is 16.5 Å². The second-order valence-electron chi connectivity index (χ2n) is 5.75. The van der Waals surface area contributed by atoms with Gasteiger partial charge in [-0.25, -0.2) is 0 Å². The van der Waals surface area contributed by atoms with Gasteiger partial charge in [0.1, 0.15) is 5.69 Å². The normalized spacial score (nSPS) is 23.3. The van der Waals surface area contributed by atoms with Crippen LogP contribution in [0.4, 0.5) is 5.69 Å². The van der Waals surface area contributed by atoms with E-state index in [4.69, 9.17) is 5.73 Å². The quantitative estimate of drug-likeness (QED) is 0.877. The zero-order valence-corrected chi connectivity index (χ0v) is 12.0. The zero-order chi connectivity index (χ0) is 13.8. The molecule has 1 fully saturated rings. The largest absolute Gasteiger partial charge is 0.397 e. The molecule has 1 saturated carbocycles. The number of anilines is 1. The fourth-order valence-corrected chi connectivity index (χ4v) is 3.08. The third-order valence-electron chi connectivity index (χ3n) is 4.14. The molecule has 1 aromatic rings. The lowest BCUT2D eigenvalue weighted by Gasteiger charge is -2.28. The molecule has 4 nitrogen and oxygen atoms in total. The fourth-order valence-electron chi connectivity index (χ4n) is 3.08. The standard InChI is InChI=1S/C15H25N3O/c1-3-4-11-5-7-13(8-6-11)17-15(19)14-9-12(16)10-18(14)2/h9-11,13H,3-8,16H2,1-2H3,(H,17,19). The lowest BCUT2D eigenvalue weighted by Crippen LogP contribution is -2.38. The molecule has 0 aromatic carbocycles. The fraction of sp³-hybridized carbons (Fsp3) is 0.667. The Labute approximate surface area is 115 Å². The molecule has 1 aliphatic carbocycles. The Morgan fingerprint density at radius 3 is 2.63 bits per heavy atom. The zero-order valence-electron chi connectivity index (χ0n) is 12.0. The van der Waals surface area contributed by atoms with Crippen LogP contribution in [0, 0.1) is 5.92 Å². The molecule has 1 heterocycles. The minimum atomic E-state index is -0.00172. The lowest BCUT2D eigenvalue weighted by molar-refractivity contribution is 0.0913. The molecule has 4 heteroatoms. The van der Waals surface area contributed by atoms with Crippen LogP contribution in [0.15, 0.2) is 12.3 Å². The molecule has 0 radical (unpaired) electrons. The molecule has 19 heavy (non-hydrogen) atoms. The number of nitrogens with one attached hydrogen (secondary N) is 1. The van der Waals surface area contributed by atoms with Crippen molar-refractivity contribution in [2.24, 2.45) is 13.0 Å². The van der Waals surface area contributed by atoms with E-state index in [2.05, 4.69) is 12.2 Å². The van der Waals surface area contributed by atoms with Crippen molar-refractivity contribution in [2.45, 2.75) is 51.5 Å². The summed E-state index contributed by atoms with van der Waals surface area (Å²) in [6.07, 6.45) is 9.07. The van der Waals surface area contributed by atoms with E-state index in [1.54, 1.807) is 16.8 Å². The summed E-state index contributed by atoms with van der Waals surface area (Å²) >= 11 is 0. The minimum Gasteiger partial charge on any atom is -0.397 e. The molecular weight excluding hydrogens is 238 g/mol. The second kappa shape index (κ2) is 6.13. The highest BCUT2D eigenvalue weighted by atomic mass is 16.2. The van der Waals surface area contributed by atoms with Crippen molar-refractivity contribution in [3.63, 3.8) is 0 Å². The van der Waals surface area contributed by atoms with Crippen molar-refractivity contribution >= 4 is 11.6 Å². The number of aromatic nitrogens is 1. The number of hydrogen-bond donors (Lipinski definition) is 2. The van der Waals surface area contributed by atoms with E-state index in [-0.39, 0.29) is 5.91 Å². The van der Waals surface area contributed by atoms with Crippen LogP contribution in [0.25, 0.3) is 0 Å². The second-order valence-corrected chi connectivity index (χ2v) is 5.75. The molecule has 3 N–H and O–H groups in total. The summed E-state index contributed by atoms with van der Waals surface area (Å²) in [7, 11) is 1.85. The Balaban J connectivity index is 1.85. The van der Waals surface area contributed by atoms with Crippen LogP contribution in [0.3, 0.4) is 0 Å². The van der Waals surface area contributed by atoms with Gasteiger partial charge in [0.25, 0.3) is 5.91 Å². The maximum absolute atomic E-state index is 12.2. The van der Waals surface area contributed by atoms with Crippen LogP contribution in [-0.2, 0) is 7.05 Å².